The molecule has 1 aliphatic rings. The molecule has 1 N–H and O–H groups in total. The van der Waals surface area contributed by atoms with E-state index in [0.29, 0.717) is 23.8 Å². The Balaban J connectivity index is 2.05. The van der Waals surface area contributed by atoms with E-state index < -0.39 is 6.03 Å². The van der Waals surface area contributed by atoms with Gasteiger partial charge in [-0.3, -0.25) is 14.5 Å². The Labute approximate surface area is 135 Å². The van der Waals surface area contributed by atoms with Crippen molar-refractivity contribution in [2.24, 2.45) is 5.92 Å². The van der Waals surface area contributed by atoms with Crippen molar-refractivity contribution in [3.63, 3.8) is 0 Å². The van der Waals surface area contributed by atoms with E-state index in [1.54, 1.807) is 31.3 Å². The summed E-state index contributed by atoms with van der Waals surface area (Å²) in [6.07, 6.45) is 0. The van der Waals surface area contributed by atoms with Crippen molar-refractivity contribution < 1.29 is 19.1 Å². The summed E-state index contributed by atoms with van der Waals surface area (Å²) in [5, 5.41) is 2.53. The first-order chi connectivity index (χ1) is 10.9. The number of carbonyl (C=O) groups is 3. The molecule has 0 saturated carbocycles. The van der Waals surface area contributed by atoms with Gasteiger partial charge in [-0.2, -0.15) is 0 Å². The van der Waals surface area contributed by atoms with Crippen molar-refractivity contribution in [2.45, 2.75) is 13.8 Å². The second-order valence-corrected chi connectivity index (χ2v) is 5.71. The minimum absolute atomic E-state index is 0.0246. The predicted octanol–water partition coefficient (Wildman–Crippen LogP) is 1.44. The molecule has 1 fully saturated rings. The molecule has 1 aromatic rings. The van der Waals surface area contributed by atoms with Gasteiger partial charge < -0.3 is 10.1 Å². The number of carbonyl (C=O) groups excluding carboxylic acids is 3. The first-order valence-corrected chi connectivity index (χ1v) is 7.45. The van der Waals surface area contributed by atoms with Gasteiger partial charge in [-0.25, -0.2) is 9.69 Å². The Morgan fingerprint density at radius 3 is 2.48 bits per heavy atom. The number of amides is 4. The second kappa shape index (κ2) is 7.23. The highest BCUT2D eigenvalue weighted by Gasteiger charge is 2.36. The number of nitrogens with one attached hydrogen (secondary N) is 1. The molecule has 0 bridgehead atoms. The molecule has 1 heterocycles. The number of ether oxygens (including phenoxy) is 1. The maximum Gasteiger partial charge on any atom is 0.333 e. The normalized spacial score (nSPS) is 14.8. The van der Waals surface area contributed by atoms with Gasteiger partial charge in [0, 0.05) is 18.3 Å². The summed E-state index contributed by atoms with van der Waals surface area (Å²) in [7, 11) is 1.55. The minimum atomic E-state index is -0.411. The van der Waals surface area contributed by atoms with E-state index in [1.165, 1.54) is 4.90 Å². The highest BCUT2D eigenvalue weighted by atomic mass is 16.5. The van der Waals surface area contributed by atoms with Crippen molar-refractivity contribution in [3.8, 4) is 0 Å². The maximum atomic E-state index is 12.3. The zero-order valence-electron chi connectivity index (χ0n) is 13.5. The van der Waals surface area contributed by atoms with Gasteiger partial charge in [-0.15, -0.1) is 0 Å². The van der Waals surface area contributed by atoms with Crippen LogP contribution in [0, 0.1) is 5.92 Å². The van der Waals surface area contributed by atoms with Crippen molar-refractivity contribution in [1.29, 1.82) is 0 Å². The number of rotatable bonds is 6. The van der Waals surface area contributed by atoms with E-state index in [9.17, 15) is 14.4 Å². The fraction of sp³-hybridized carbons (Fsp3) is 0.438. The third-order valence-corrected chi connectivity index (χ3v) is 3.40. The summed E-state index contributed by atoms with van der Waals surface area (Å²) >= 11 is 0. The smallest absolute Gasteiger partial charge is 0.333 e. The molecular weight excluding hydrogens is 298 g/mol. The quantitative estimate of drug-likeness (QED) is 0.805. The molecule has 2 rings (SSSR count). The Kier molecular flexibility index (Phi) is 5.33. The largest absolute Gasteiger partial charge is 0.360 e. The molecule has 0 radical (unpaired) electrons. The Morgan fingerprint density at radius 2 is 1.91 bits per heavy atom. The van der Waals surface area contributed by atoms with Crippen LogP contribution in [0.4, 0.5) is 10.5 Å². The molecular formula is C16H21N3O4. The monoisotopic (exact) mass is 319 g/mol. The summed E-state index contributed by atoms with van der Waals surface area (Å²) in [5.74, 6) is -0.172. The average molecular weight is 319 g/mol. The molecule has 0 unspecified atom stereocenters. The van der Waals surface area contributed by atoms with E-state index in [1.807, 2.05) is 13.8 Å². The van der Waals surface area contributed by atoms with Crippen LogP contribution in [-0.2, 0) is 9.53 Å². The molecule has 23 heavy (non-hydrogen) atoms. The molecule has 7 nitrogen and oxygen atoms in total. The number of benzene rings is 1. The number of hydrogen-bond acceptors (Lipinski definition) is 4. The molecule has 1 saturated heterocycles. The van der Waals surface area contributed by atoms with Gasteiger partial charge in [0.2, 0.25) is 0 Å². The fourth-order valence-electron chi connectivity index (χ4n) is 2.19. The lowest BCUT2D eigenvalue weighted by molar-refractivity contribution is -0.129. The standard InChI is InChI=1S/C16H21N3O4/c1-11(2)9-23-10-19-14(20)8-18(16(19)22)13-6-4-12(5-7-13)15(21)17-3/h4-7,11H,8-10H2,1-3H3,(H,17,21). The highest BCUT2D eigenvalue weighted by Crippen LogP contribution is 2.21. The molecule has 4 amide bonds. The van der Waals surface area contributed by atoms with Crippen LogP contribution in [0.5, 0.6) is 0 Å². The zero-order chi connectivity index (χ0) is 17.0. The summed E-state index contributed by atoms with van der Waals surface area (Å²) in [6.45, 7) is 4.41. The van der Waals surface area contributed by atoms with Crippen molar-refractivity contribution in [2.75, 3.05) is 31.8 Å². The molecule has 1 aromatic carbocycles. The molecule has 124 valence electrons. The molecule has 7 heteroatoms. The van der Waals surface area contributed by atoms with Gasteiger partial charge in [0.15, 0.2) is 0 Å². The molecule has 0 aromatic heterocycles. The molecule has 0 atom stereocenters. The summed E-state index contributed by atoms with van der Waals surface area (Å²) in [6, 6.07) is 6.11. The molecule has 1 aliphatic heterocycles. The van der Waals surface area contributed by atoms with E-state index in [2.05, 4.69) is 5.32 Å². The third-order valence-electron chi connectivity index (χ3n) is 3.40. The number of imide groups is 1. The Morgan fingerprint density at radius 1 is 1.26 bits per heavy atom. The van der Waals surface area contributed by atoms with Crippen LogP contribution in [-0.4, -0.2) is 49.7 Å². The number of urea groups is 1. The van der Waals surface area contributed by atoms with Crippen molar-refractivity contribution in [3.05, 3.63) is 29.8 Å². The van der Waals surface area contributed by atoms with Gasteiger partial charge in [0.25, 0.3) is 11.8 Å². The summed E-state index contributed by atoms with van der Waals surface area (Å²) in [5.41, 5.74) is 1.06. The minimum Gasteiger partial charge on any atom is -0.360 e. The first-order valence-electron chi connectivity index (χ1n) is 7.45. The lowest BCUT2D eigenvalue weighted by Crippen LogP contribution is -2.35. The Hall–Kier alpha value is -2.41. The third kappa shape index (κ3) is 3.87. The van der Waals surface area contributed by atoms with Crippen molar-refractivity contribution >= 4 is 23.5 Å². The van der Waals surface area contributed by atoms with Gasteiger partial charge >= 0.3 is 6.03 Å². The molecule has 0 aliphatic carbocycles. The first kappa shape index (κ1) is 17.0. The van der Waals surface area contributed by atoms with Gasteiger partial charge in [0.05, 0.1) is 6.61 Å². The van der Waals surface area contributed by atoms with Gasteiger partial charge in [0.1, 0.15) is 13.3 Å². The van der Waals surface area contributed by atoms with Crippen LogP contribution in [0.3, 0.4) is 0 Å². The van der Waals surface area contributed by atoms with Crippen molar-refractivity contribution in [1.82, 2.24) is 10.2 Å². The number of hydrogen-bond donors (Lipinski definition) is 1. The fourth-order valence-corrected chi connectivity index (χ4v) is 2.19. The number of anilines is 1. The summed E-state index contributed by atoms with van der Waals surface area (Å²) in [4.78, 5) is 38.3. The lowest BCUT2D eigenvalue weighted by atomic mass is 10.2. The van der Waals surface area contributed by atoms with E-state index in [4.69, 9.17) is 4.74 Å². The van der Waals surface area contributed by atoms with Crippen LogP contribution in [0.1, 0.15) is 24.2 Å². The maximum absolute atomic E-state index is 12.3. The van der Waals surface area contributed by atoms with Crippen LogP contribution in [0.15, 0.2) is 24.3 Å². The molecule has 0 spiro atoms. The van der Waals surface area contributed by atoms with Crippen LogP contribution >= 0.6 is 0 Å². The topological polar surface area (TPSA) is 79.0 Å². The van der Waals surface area contributed by atoms with Gasteiger partial charge in [-0.05, 0) is 30.2 Å². The summed E-state index contributed by atoms with van der Waals surface area (Å²) < 4.78 is 5.37. The predicted molar refractivity (Wildman–Crippen MR) is 85.1 cm³/mol. The zero-order valence-corrected chi connectivity index (χ0v) is 13.5. The lowest BCUT2D eigenvalue weighted by Gasteiger charge is -2.18. The SMILES string of the molecule is CNC(=O)c1ccc(N2CC(=O)N(COCC(C)C)C2=O)cc1. The van der Waals surface area contributed by atoms with E-state index in [0.717, 1.165) is 4.90 Å². The Bertz CT molecular complexity index is 598. The highest BCUT2D eigenvalue weighted by molar-refractivity contribution is 6.12. The van der Waals surface area contributed by atoms with E-state index in [-0.39, 0.29) is 25.1 Å². The second-order valence-electron chi connectivity index (χ2n) is 5.71. The van der Waals surface area contributed by atoms with Crippen LogP contribution in [0.2, 0.25) is 0 Å². The van der Waals surface area contributed by atoms with Crippen LogP contribution in [0.25, 0.3) is 0 Å². The van der Waals surface area contributed by atoms with Crippen LogP contribution < -0.4 is 10.2 Å². The average Bonchev–Trinajstić information content (AvgIpc) is 2.82. The number of nitrogens with zero attached hydrogens (tertiary/aromatic N) is 2. The van der Waals surface area contributed by atoms with Gasteiger partial charge in [-0.1, -0.05) is 13.8 Å². The van der Waals surface area contributed by atoms with E-state index >= 15 is 0 Å².